The molecular weight excluding hydrogens is 389 g/mol. The van der Waals surface area contributed by atoms with Crippen molar-refractivity contribution in [3.05, 3.63) is 75.2 Å². The molecule has 0 bridgehead atoms. The monoisotopic (exact) mass is 405 g/mol. The number of rotatable bonds is 7. The molecule has 1 amide bonds. The lowest BCUT2D eigenvalue weighted by molar-refractivity contribution is -0.121. The molecular formula is C19H17ClFN3O2S. The fraction of sp³-hybridized carbons (Fsp3) is 0.211. The van der Waals surface area contributed by atoms with Crippen LogP contribution in [0.4, 0.5) is 4.39 Å². The van der Waals surface area contributed by atoms with Crippen LogP contribution in [0.5, 0.6) is 0 Å². The Bertz CT molecular complexity index is 969. The molecule has 0 spiro atoms. The maximum absolute atomic E-state index is 14.3. The molecule has 1 aromatic carbocycles. The number of Topliss-reactive ketones (excluding diaryl/α,β-unsaturated/α-hetero) is 1. The van der Waals surface area contributed by atoms with Gasteiger partial charge in [-0.3, -0.25) is 9.59 Å². The third-order valence-corrected chi connectivity index (χ3v) is 5.34. The number of benzene rings is 1. The fourth-order valence-corrected chi connectivity index (χ4v) is 3.70. The first-order valence-electron chi connectivity index (χ1n) is 8.25. The van der Waals surface area contributed by atoms with Crippen molar-refractivity contribution in [2.75, 3.05) is 0 Å². The van der Waals surface area contributed by atoms with Gasteiger partial charge >= 0.3 is 0 Å². The predicted molar refractivity (Wildman–Crippen MR) is 102 cm³/mol. The molecule has 8 heteroatoms. The number of aryl methyl sites for hydroxylation is 1. The van der Waals surface area contributed by atoms with Gasteiger partial charge in [-0.25, -0.2) is 9.37 Å². The lowest BCUT2D eigenvalue weighted by Crippen LogP contribution is -2.31. The number of imidazole rings is 1. The van der Waals surface area contributed by atoms with Gasteiger partial charge in [0.1, 0.15) is 17.7 Å². The first kappa shape index (κ1) is 19.3. The van der Waals surface area contributed by atoms with Gasteiger partial charge in [0.15, 0.2) is 5.78 Å². The molecule has 1 N–H and O–H groups in total. The van der Waals surface area contributed by atoms with Crippen LogP contribution in [0.1, 0.15) is 39.9 Å². The number of aromatic nitrogens is 2. The second-order valence-corrected chi connectivity index (χ2v) is 7.66. The van der Waals surface area contributed by atoms with Crippen molar-refractivity contribution in [2.24, 2.45) is 7.05 Å². The van der Waals surface area contributed by atoms with Crippen molar-refractivity contribution in [1.82, 2.24) is 14.9 Å². The van der Waals surface area contributed by atoms with Crippen molar-refractivity contribution in [3.8, 4) is 0 Å². The van der Waals surface area contributed by atoms with E-state index in [0.717, 1.165) is 0 Å². The Hall–Kier alpha value is -2.51. The zero-order chi connectivity index (χ0) is 19.4. The van der Waals surface area contributed by atoms with E-state index in [1.165, 1.54) is 17.4 Å². The van der Waals surface area contributed by atoms with Gasteiger partial charge in [0.2, 0.25) is 5.91 Å². The number of carbonyl (C=O) groups excluding carboxylic acids is 2. The number of ketones is 1. The summed E-state index contributed by atoms with van der Waals surface area (Å²) in [4.78, 5) is 29.3. The third kappa shape index (κ3) is 4.61. The summed E-state index contributed by atoms with van der Waals surface area (Å²) in [6.45, 7) is 0. The molecule has 0 saturated heterocycles. The first-order valence-corrected chi connectivity index (χ1v) is 9.44. The molecule has 0 fully saturated rings. The Kier molecular flexibility index (Phi) is 6.03. The highest BCUT2D eigenvalue weighted by molar-refractivity contribution is 7.18. The smallest absolute Gasteiger partial charge is 0.221 e. The number of nitrogens with one attached hydrogen (secondary N) is 1. The van der Waals surface area contributed by atoms with E-state index in [2.05, 4.69) is 10.3 Å². The predicted octanol–water partition coefficient (Wildman–Crippen LogP) is 4.14. The van der Waals surface area contributed by atoms with Crippen LogP contribution in [0.25, 0.3) is 0 Å². The van der Waals surface area contributed by atoms with Crippen molar-refractivity contribution in [2.45, 2.75) is 18.9 Å². The highest BCUT2D eigenvalue weighted by Crippen LogP contribution is 2.24. The SMILES string of the molecule is Cn1ccnc1C(NC(=O)CCC(=O)c1ccc(Cl)s1)c1ccccc1F. The van der Waals surface area contributed by atoms with Crippen LogP contribution >= 0.6 is 22.9 Å². The molecule has 140 valence electrons. The van der Waals surface area contributed by atoms with Crippen LogP contribution in [0.15, 0.2) is 48.8 Å². The summed E-state index contributed by atoms with van der Waals surface area (Å²) >= 11 is 7.01. The van der Waals surface area contributed by atoms with Crippen molar-refractivity contribution >= 4 is 34.6 Å². The number of nitrogens with zero attached hydrogens (tertiary/aromatic N) is 2. The van der Waals surface area contributed by atoms with E-state index < -0.39 is 11.9 Å². The summed E-state index contributed by atoms with van der Waals surface area (Å²) in [6, 6.07) is 8.77. The Morgan fingerprint density at radius 3 is 2.67 bits per heavy atom. The second-order valence-electron chi connectivity index (χ2n) is 5.95. The molecule has 27 heavy (non-hydrogen) atoms. The summed E-state index contributed by atoms with van der Waals surface area (Å²) < 4.78 is 16.5. The Morgan fingerprint density at radius 2 is 2.04 bits per heavy atom. The molecule has 0 aliphatic carbocycles. The minimum absolute atomic E-state index is 0.0102. The van der Waals surface area contributed by atoms with E-state index in [-0.39, 0.29) is 24.5 Å². The molecule has 0 aliphatic heterocycles. The topological polar surface area (TPSA) is 64.0 Å². The van der Waals surface area contributed by atoms with Gasteiger partial charge < -0.3 is 9.88 Å². The van der Waals surface area contributed by atoms with Crippen molar-refractivity contribution < 1.29 is 14.0 Å². The van der Waals surface area contributed by atoms with Gasteiger partial charge in [-0.15, -0.1) is 11.3 Å². The lowest BCUT2D eigenvalue weighted by Gasteiger charge is -2.19. The number of hydrogen-bond acceptors (Lipinski definition) is 4. The Labute approximate surface area is 164 Å². The highest BCUT2D eigenvalue weighted by atomic mass is 35.5. The summed E-state index contributed by atoms with van der Waals surface area (Å²) in [7, 11) is 1.77. The maximum Gasteiger partial charge on any atom is 0.221 e. The van der Waals surface area contributed by atoms with E-state index >= 15 is 0 Å². The summed E-state index contributed by atoms with van der Waals surface area (Å²) in [6.07, 6.45) is 3.34. The molecule has 1 atom stereocenters. The van der Waals surface area contributed by atoms with E-state index in [4.69, 9.17) is 11.6 Å². The van der Waals surface area contributed by atoms with Crippen LogP contribution in [-0.2, 0) is 11.8 Å². The highest BCUT2D eigenvalue weighted by Gasteiger charge is 2.23. The molecule has 2 heterocycles. The van der Waals surface area contributed by atoms with Crippen LogP contribution in [0.3, 0.4) is 0 Å². The summed E-state index contributed by atoms with van der Waals surface area (Å²) in [5, 5.41) is 2.79. The van der Waals surface area contributed by atoms with E-state index in [0.29, 0.717) is 20.6 Å². The largest absolute Gasteiger partial charge is 0.342 e. The third-order valence-electron chi connectivity index (χ3n) is 4.07. The second kappa shape index (κ2) is 8.45. The standard InChI is InChI=1S/C19H17ClFN3O2S/c1-24-11-10-22-19(24)18(12-4-2-3-5-13(12)21)23-17(26)9-6-14(25)15-7-8-16(20)27-15/h2-5,7-8,10-11,18H,6,9H2,1H3,(H,23,26). The van der Waals surface area contributed by atoms with Gasteiger partial charge in [0, 0.05) is 37.8 Å². The number of hydrogen-bond donors (Lipinski definition) is 1. The average Bonchev–Trinajstić information content (AvgIpc) is 3.27. The summed E-state index contributed by atoms with van der Waals surface area (Å²) in [5.41, 5.74) is 0.316. The van der Waals surface area contributed by atoms with Gasteiger partial charge in [-0.1, -0.05) is 29.8 Å². The zero-order valence-electron chi connectivity index (χ0n) is 14.5. The normalized spacial score (nSPS) is 12.0. The van der Waals surface area contributed by atoms with Crippen LogP contribution < -0.4 is 5.32 Å². The quantitative estimate of drug-likeness (QED) is 0.601. The molecule has 3 rings (SSSR count). The lowest BCUT2D eigenvalue weighted by atomic mass is 10.0. The zero-order valence-corrected chi connectivity index (χ0v) is 16.1. The van der Waals surface area contributed by atoms with E-state index in [9.17, 15) is 14.0 Å². The van der Waals surface area contributed by atoms with Crippen molar-refractivity contribution in [3.63, 3.8) is 0 Å². The molecule has 0 saturated carbocycles. The first-order chi connectivity index (χ1) is 13.0. The van der Waals surface area contributed by atoms with Gasteiger partial charge in [-0.2, -0.15) is 0 Å². The van der Waals surface area contributed by atoms with Crippen LogP contribution in [0.2, 0.25) is 4.34 Å². The molecule has 0 radical (unpaired) electrons. The number of amides is 1. The average molecular weight is 406 g/mol. The number of halogens is 2. The molecule has 3 aromatic rings. The molecule has 0 aliphatic rings. The van der Waals surface area contributed by atoms with E-state index in [1.807, 2.05) is 0 Å². The number of thiophene rings is 1. The summed E-state index contributed by atoms with van der Waals surface area (Å²) in [5.74, 6) is -0.441. The molecule has 2 aromatic heterocycles. The minimum Gasteiger partial charge on any atom is -0.342 e. The van der Waals surface area contributed by atoms with Gasteiger partial charge in [0.05, 0.1) is 9.21 Å². The number of carbonyl (C=O) groups is 2. The van der Waals surface area contributed by atoms with Crippen LogP contribution in [-0.4, -0.2) is 21.2 Å². The maximum atomic E-state index is 14.3. The fourth-order valence-electron chi connectivity index (χ4n) is 2.69. The van der Waals surface area contributed by atoms with Gasteiger partial charge in [0.25, 0.3) is 0 Å². The Morgan fingerprint density at radius 1 is 1.26 bits per heavy atom. The molecule has 1 unspecified atom stereocenters. The van der Waals surface area contributed by atoms with Crippen molar-refractivity contribution in [1.29, 1.82) is 0 Å². The van der Waals surface area contributed by atoms with Crippen LogP contribution in [0, 0.1) is 5.82 Å². The van der Waals surface area contributed by atoms with Gasteiger partial charge in [-0.05, 0) is 18.2 Å². The minimum atomic E-state index is -0.745. The Balaban J connectivity index is 1.72. The molecule has 5 nitrogen and oxygen atoms in total. The van der Waals surface area contributed by atoms with E-state index in [1.54, 1.807) is 54.3 Å².